The molecular formula is C45H31N5. The summed E-state index contributed by atoms with van der Waals surface area (Å²) in [4.78, 5) is 15.3. The lowest BCUT2D eigenvalue weighted by atomic mass is 10.00. The van der Waals surface area contributed by atoms with Crippen molar-refractivity contribution >= 4 is 43.6 Å². The molecule has 5 heteroatoms. The first-order valence-corrected chi connectivity index (χ1v) is 17.1. The van der Waals surface area contributed by atoms with Crippen LogP contribution in [0, 0.1) is 0 Å². The number of allylic oxidation sites excluding steroid dienone is 4. The third-order valence-electron chi connectivity index (χ3n) is 9.88. The molecule has 1 aliphatic rings. The van der Waals surface area contributed by atoms with Gasteiger partial charge in [-0.25, -0.2) is 4.98 Å². The zero-order valence-corrected chi connectivity index (χ0v) is 27.2. The fraction of sp³-hybridized carbons (Fsp3) is 0.0444. The van der Waals surface area contributed by atoms with Gasteiger partial charge in [-0.2, -0.15) is 9.97 Å². The second-order valence-electron chi connectivity index (χ2n) is 12.8. The molecule has 9 aromatic rings. The minimum Gasteiger partial charge on any atom is -0.309 e. The van der Waals surface area contributed by atoms with Gasteiger partial charge in [0.1, 0.15) is 5.82 Å². The molecule has 10 rings (SSSR count). The Hall–Kier alpha value is -6.59. The summed E-state index contributed by atoms with van der Waals surface area (Å²) < 4.78 is 4.56. The molecule has 236 valence electrons. The molecule has 0 spiro atoms. The molecular weight excluding hydrogens is 611 g/mol. The third kappa shape index (κ3) is 4.59. The summed E-state index contributed by atoms with van der Waals surface area (Å²) in [6.07, 6.45) is 9.38. The highest BCUT2D eigenvalue weighted by molar-refractivity contribution is 6.12. The molecule has 1 unspecified atom stereocenters. The zero-order valence-electron chi connectivity index (χ0n) is 27.2. The van der Waals surface area contributed by atoms with Gasteiger partial charge in [0, 0.05) is 38.7 Å². The molecule has 0 radical (unpaired) electrons. The minimum absolute atomic E-state index is 0.0895. The van der Waals surface area contributed by atoms with Crippen LogP contribution in [0.1, 0.15) is 18.2 Å². The first-order chi connectivity index (χ1) is 24.8. The molecule has 0 fully saturated rings. The van der Waals surface area contributed by atoms with Gasteiger partial charge in [0.2, 0.25) is 5.95 Å². The van der Waals surface area contributed by atoms with Crippen molar-refractivity contribution in [2.75, 3.05) is 0 Å². The van der Waals surface area contributed by atoms with Crippen molar-refractivity contribution in [3.05, 3.63) is 176 Å². The van der Waals surface area contributed by atoms with E-state index in [-0.39, 0.29) is 5.92 Å². The van der Waals surface area contributed by atoms with Gasteiger partial charge >= 0.3 is 0 Å². The lowest BCUT2D eigenvalue weighted by molar-refractivity contribution is 0.750. The Morgan fingerprint density at radius 2 is 1.04 bits per heavy atom. The van der Waals surface area contributed by atoms with E-state index < -0.39 is 0 Å². The van der Waals surface area contributed by atoms with Crippen molar-refractivity contribution in [1.29, 1.82) is 0 Å². The van der Waals surface area contributed by atoms with Gasteiger partial charge in [-0.3, -0.25) is 4.57 Å². The van der Waals surface area contributed by atoms with Crippen LogP contribution in [0.25, 0.3) is 77.8 Å². The maximum Gasteiger partial charge on any atom is 0.238 e. The SMILES string of the molecule is C1=CCC(c2nc(-c3ccccc3)nc(-n3c4ccccc4c4cc(-c5ccc6c(c5)c5ccccc5n6-c5ccccc5)ccc43)n2)C=C1. The van der Waals surface area contributed by atoms with Crippen LogP contribution in [0.2, 0.25) is 0 Å². The second kappa shape index (κ2) is 11.5. The molecule has 0 saturated carbocycles. The van der Waals surface area contributed by atoms with Crippen molar-refractivity contribution in [2.24, 2.45) is 0 Å². The number of nitrogens with zero attached hydrogens (tertiary/aromatic N) is 5. The Morgan fingerprint density at radius 3 is 1.70 bits per heavy atom. The Labute approximate surface area is 289 Å². The molecule has 0 saturated heterocycles. The highest BCUT2D eigenvalue weighted by atomic mass is 15.2. The van der Waals surface area contributed by atoms with Gasteiger partial charge < -0.3 is 4.57 Å². The van der Waals surface area contributed by atoms with Crippen molar-refractivity contribution in [3.8, 4) is 34.2 Å². The van der Waals surface area contributed by atoms with Crippen LogP contribution < -0.4 is 0 Å². The van der Waals surface area contributed by atoms with Gasteiger partial charge in [-0.15, -0.1) is 0 Å². The summed E-state index contributed by atoms with van der Waals surface area (Å²) in [5, 5.41) is 4.81. The van der Waals surface area contributed by atoms with Crippen LogP contribution in [-0.2, 0) is 0 Å². The number of aromatic nitrogens is 5. The van der Waals surface area contributed by atoms with E-state index in [2.05, 4.69) is 161 Å². The first kappa shape index (κ1) is 28.4. The van der Waals surface area contributed by atoms with E-state index in [1.807, 2.05) is 18.2 Å². The second-order valence-corrected chi connectivity index (χ2v) is 12.8. The average Bonchev–Trinajstić information content (AvgIpc) is 3.71. The van der Waals surface area contributed by atoms with Crippen LogP contribution in [0.15, 0.2) is 170 Å². The van der Waals surface area contributed by atoms with E-state index in [1.54, 1.807) is 0 Å². The highest BCUT2D eigenvalue weighted by Crippen LogP contribution is 2.38. The van der Waals surface area contributed by atoms with Crippen molar-refractivity contribution in [3.63, 3.8) is 0 Å². The summed E-state index contributed by atoms with van der Waals surface area (Å²) in [6.45, 7) is 0. The number of rotatable bonds is 5. The molecule has 3 aromatic heterocycles. The van der Waals surface area contributed by atoms with Gasteiger partial charge in [0.05, 0.1) is 22.1 Å². The average molecular weight is 642 g/mol. The monoisotopic (exact) mass is 641 g/mol. The molecule has 0 N–H and O–H groups in total. The Balaban J connectivity index is 1.16. The molecule has 5 nitrogen and oxygen atoms in total. The third-order valence-corrected chi connectivity index (χ3v) is 9.88. The van der Waals surface area contributed by atoms with Crippen molar-refractivity contribution in [2.45, 2.75) is 12.3 Å². The molecule has 3 heterocycles. The Kier molecular flexibility index (Phi) is 6.56. The number of hydrogen-bond donors (Lipinski definition) is 0. The maximum absolute atomic E-state index is 5.15. The summed E-state index contributed by atoms with van der Waals surface area (Å²) >= 11 is 0. The quantitative estimate of drug-likeness (QED) is 0.188. The van der Waals surface area contributed by atoms with Crippen LogP contribution in [-0.4, -0.2) is 24.1 Å². The van der Waals surface area contributed by atoms with Gasteiger partial charge in [-0.05, 0) is 66.1 Å². The maximum atomic E-state index is 5.15. The molecule has 1 aliphatic carbocycles. The van der Waals surface area contributed by atoms with Gasteiger partial charge in [0.25, 0.3) is 0 Å². The minimum atomic E-state index is 0.0895. The summed E-state index contributed by atoms with van der Waals surface area (Å²) in [5.74, 6) is 2.18. The molecule has 50 heavy (non-hydrogen) atoms. The summed E-state index contributed by atoms with van der Waals surface area (Å²) in [7, 11) is 0. The largest absolute Gasteiger partial charge is 0.309 e. The fourth-order valence-corrected chi connectivity index (χ4v) is 7.51. The lowest BCUT2D eigenvalue weighted by Gasteiger charge is -2.15. The molecule has 6 aromatic carbocycles. The van der Waals surface area contributed by atoms with E-state index in [0.717, 1.165) is 45.3 Å². The van der Waals surface area contributed by atoms with Crippen LogP contribution in [0.3, 0.4) is 0 Å². The van der Waals surface area contributed by atoms with Crippen LogP contribution in [0.4, 0.5) is 0 Å². The van der Waals surface area contributed by atoms with Crippen LogP contribution >= 0.6 is 0 Å². The van der Waals surface area contributed by atoms with Gasteiger partial charge in [-0.1, -0.05) is 121 Å². The first-order valence-electron chi connectivity index (χ1n) is 17.1. The van der Waals surface area contributed by atoms with E-state index >= 15 is 0 Å². The Bertz CT molecular complexity index is 2790. The van der Waals surface area contributed by atoms with Crippen LogP contribution in [0.5, 0.6) is 0 Å². The summed E-state index contributed by atoms with van der Waals surface area (Å²) in [5.41, 5.74) is 9.01. The molecule has 0 aliphatic heterocycles. The zero-order chi connectivity index (χ0) is 33.0. The van der Waals surface area contributed by atoms with Gasteiger partial charge in [0.15, 0.2) is 5.82 Å². The molecule has 0 bridgehead atoms. The highest BCUT2D eigenvalue weighted by Gasteiger charge is 2.21. The standard InChI is InChI=1S/C45H31N5/c1-4-14-30(15-5-1)43-46-44(31-16-6-2-7-17-31)48-45(47-43)50-40-23-13-11-21-36(40)38-29-33(25-27-42(38)50)32-24-26-41-37(28-32)35-20-10-12-22-39(35)49(41)34-18-8-3-9-19-34/h1-16,18-29,31H,17H2. The molecule has 0 amide bonds. The smallest absolute Gasteiger partial charge is 0.238 e. The lowest BCUT2D eigenvalue weighted by Crippen LogP contribution is -2.11. The van der Waals surface area contributed by atoms with E-state index in [0.29, 0.717) is 11.8 Å². The van der Waals surface area contributed by atoms with Crippen molar-refractivity contribution < 1.29 is 0 Å². The normalized spacial score (nSPS) is 14.4. The number of benzene rings is 6. The topological polar surface area (TPSA) is 48.5 Å². The number of fused-ring (bicyclic) bond motifs is 6. The van der Waals surface area contributed by atoms with E-state index in [1.165, 1.54) is 32.9 Å². The number of hydrogen-bond acceptors (Lipinski definition) is 3. The van der Waals surface area contributed by atoms with E-state index in [4.69, 9.17) is 15.0 Å². The molecule has 1 atom stereocenters. The predicted molar refractivity (Wildman–Crippen MR) is 205 cm³/mol. The Morgan fingerprint density at radius 1 is 0.460 bits per heavy atom. The summed E-state index contributed by atoms with van der Waals surface area (Å²) in [6, 6.07) is 51.7. The van der Waals surface area contributed by atoms with E-state index in [9.17, 15) is 0 Å². The fourth-order valence-electron chi connectivity index (χ4n) is 7.51. The predicted octanol–water partition coefficient (Wildman–Crippen LogP) is 11.0. The van der Waals surface area contributed by atoms with Crippen molar-refractivity contribution in [1.82, 2.24) is 24.1 Å². The number of para-hydroxylation sites is 3.